The van der Waals surface area contributed by atoms with Crippen LogP contribution in [0.5, 0.6) is 0 Å². The molecular weight excluding hydrogens is 244 g/mol. The van der Waals surface area contributed by atoms with Gasteiger partial charge in [0.2, 0.25) is 0 Å². The van der Waals surface area contributed by atoms with Gasteiger partial charge in [-0.3, -0.25) is 0 Å². The van der Waals surface area contributed by atoms with Gasteiger partial charge in [-0.2, -0.15) is 0 Å². The zero-order valence-corrected chi connectivity index (χ0v) is 11.2. The van der Waals surface area contributed by atoms with Crippen molar-refractivity contribution in [2.24, 2.45) is 5.41 Å². The zero-order chi connectivity index (χ0) is 10.9. The van der Waals surface area contributed by atoms with Crippen LogP contribution >= 0.6 is 15.9 Å². The van der Waals surface area contributed by atoms with Crippen molar-refractivity contribution in [3.8, 4) is 0 Å². The van der Waals surface area contributed by atoms with E-state index in [-0.39, 0.29) is 0 Å². The summed E-state index contributed by atoms with van der Waals surface area (Å²) in [4.78, 5) is 0. The fourth-order valence-electron chi connectivity index (χ4n) is 1.06. The molecule has 14 heavy (non-hydrogen) atoms. The Morgan fingerprint density at radius 1 is 1.21 bits per heavy atom. The van der Waals surface area contributed by atoms with Gasteiger partial charge in [-0.05, 0) is 24.7 Å². The first-order valence-electron chi connectivity index (χ1n) is 5.31. The van der Waals surface area contributed by atoms with E-state index in [1.165, 1.54) is 6.42 Å². The summed E-state index contributed by atoms with van der Waals surface area (Å²) in [6.45, 7) is 6.99. The number of rotatable bonds is 9. The van der Waals surface area contributed by atoms with Gasteiger partial charge in [0.15, 0.2) is 0 Å². The van der Waals surface area contributed by atoms with Crippen LogP contribution in [-0.2, 0) is 9.47 Å². The molecule has 2 nitrogen and oxygen atoms in total. The fraction of sp³-hybridized carbons (Fsp3) is 1.00. The summed E-state index contributed by atoms with van der Waals surface area (Å²) < 4.78 is 10.5. The molecule has 0 bridgehead atoms. The highest BCUT2D eigenvalue weighted by Crippen LogP contribution is 2.27. The van der Waals surface area contributed by atoms with E-state index in [0.717, 1.165) is 38.0 Å². The molecule has 0 aliphatic carbocycles. The molecule has 0 rings (SSSR count). The van der Waals surface area contributed by atoms with Gasteiger partial charge in [-0.25, -0.2) is 0 Å². The van der Waals surface area contributed by atoms with Gasteiger partial charge >= 0.3 is 0 Å². The molecule has 0 N–H and O–H groups in total. The minimum absolute atomic E-state index is 0.390. The molecule has 0 spiro atoms. The van der Waals surface area contributed by atoms with Crippen LogP contribution in [0.3, 0.4) is 0 Å². The van der Waals surface area contributed by atoms with Crippen molar-refractivity contribution in [1.82, 2.24) is 0 Å². The van der Waals surface area contributed by atoms with E-state index in [1.54, 1.807) is 7.11 Å². The van der Waals surface area contributed by atoms with Crippen molar-refractivity contribution in [1.29, 1.82) is 0 Å². The second-order valence-electron chi connectivity index (χ2n) is 4.01. The second-order valence-corrected chi connectivity index (χ2v) is 4.57. The van der Waals surface area contributed by atoms with Gasteiger partial charge in [0, 0.05) is 32.3 Å². The number of halogens is 1. The first kappa shape index (κ1) is 14.4. The Bertz CT molecular complexity index is 124. The maximum Gasteiger partial charge on any atom is 0.0487 e. The van der Waals surface area contributed by atoms with Crippen molar-refractivity contribution >= 4 is 15.9 Å². The highest BCUT2D eigenvalue weighted by molar-refractivity contribution is 9.09. The van der Waals surface area contributed by atoms with Crippen LogP contribution in [-0.4, -0.2) is 32.3 Å². The van der Waals surface area contributed by atoms with E-state index in [9.17, 15) is 0 Å². The normalized spacial score (nSPS) is 15.4. The molecule has 0 aliphatic heterocycles. The molecular formula is C11H23BrO2. The van der Waals surface area contributed by atoms with Gasteiger partial charge < -0.3 is 9.47 Å². The van der Waals surface area contributed by atoms with Crippen LogP contribution in [0.4, 0.5) is 0 Å². The third-order valence-electron chi connectivity index (χ3n) is 2.66. The lowest BCUT2D eigenvalue weighted by Gasteiger charge is -2.25. The fourth-order valence-corrected chi connectivity index (χ4v) is 1.74. The highest BCUT2D eigenvalue weighted by Gasteiger charge is 2.19. The lowest BCUT2D eigenvalue weighted by atomic mass is 9.87. The first-order valence-corrected chi connectivity index (χ1v) is 6.43. The van der Waals surface area contributed by atoms with Crippen LogP contribution in [0.1, 0.15) is 33.1 Å². The predicted molar refractivity (Wildman–Crippen MR) is 64.1 cm³/mol. The third-order valence-corrected chi connectivity index (χ3v) is 4.02. The van der Waals surface area contributed by atoms with Gasteiger partial charge in [0.05, 0.1) is 0 Å². The lowest BCUT2D eigenvalue weighted by molar-refractivity contribution is 0.0833. The zero-order valence-electron chi connectivity index (χ0n) is 9.64. The molecule has 0 radical (unpaired) electrons. The Morgan fingerprint density at radius 3 is 2.43 bits per heavy atom. The Labute approximate surface area is 96.5 Å². The molecule has 1 unspecified atom stereocenters. The van der Waals surface area contributed by atoms with Crippen molar-refractivity contribution in [2.45, 2.75) is 33.1 Å². The van der Waals surface area contributed by atoms with E-state index in [0.29, 0.717) is 5.41 Å². The van der Waals surface area contributed by atoms with Crippen LogP contribution < -0.4 is 0 Å². The molecule has 1 atom stereocenters. The largest absolute Gasteiger partial charge is 0.385 e. The Hall–Kier alpha value is 0.400. The summed E-state index contributed by atoms with van der Waals surface area (Å²) in [5.41, 5.74) is 0.390. The number of hydrogen-bond donors (Lipinski definition) is 0. The summed E-state index contributed by atoms with van der Waals surface area (Å²) in [5.74, 6) is 0. The maximum absolute atomic E-state index is 5.53. The molecule has 0 saturated carbocycles. The van der Waals surface area contributed by atoms with Gasteiger partial charge in [0.1, 0.15) is 0 Å². The third kappa shape index (κ3) is 6.80. The van der Waals surface area contributed by atoms with Gasteiger partial charge in [-0.15, -0.1) is 0 Å². The summed E-state index contributed by atoms with van der Waals surface area (Å²) in [6.07, 6.45) is 3.31. The van der Waals surface area contributed by atoms with Crippen LogP contribution in [0.25, 0.3) is 0 Å². The standard InChI is InChI=1S/C11H23BrO2/c1-4-11(2,10-12)6-9-14-8-5-7-13-3/h4-10H2,1-3H3. The van der Waals surface area contributed by atoms with E-state index in [1.807, 2.05) is 0 Å². The average molecular weight is 267 g/mol. The van der Waals surface area contributed by atoms with E-state index in [2.05, 4.69) is 29.8 Å². The number of hydrogen-bond acceptors (Lipinski definition) is 2. The van der Waals surface area contributed by atoms with Crippen LogP contribution in [0.15, 0.2) is 0 Å². The van der Waals surface area contributed by atoms with E-state index < -0.39 is 0 Å². The molecule has 0 heterocycles. The SMILES string of the molecule is CCC(C)(CBr)CCOCCCOC. The molecule has 0 aromatic heterocycles. The molecule has 0 saturated heterocycles. The van der Waals surface area contributed by atoms with Crippen molar-refractivity contribution in [2.75, 3.05) is 32.3 Å². The van der Waals surface area contributed by atoms with E-state index in [4.69, 9.17) is 9.47 Å². The molecule has 0 aromatic carbocycles. The maximum atomic E-state index is 5.53. The molecule has 0 amide bonds. The van der Waals surface area contributed by atoms with Crippen molar-refractivity contribution in [3.05, 3.63) is 0 Å². The van der Waals surface area contributed by atoms with Crippen LogP contribution in [0.2, 0.25) is 0 Å². The highest BCUT2D eigenvalue weighted by atomic mass is 79.9. The van der Waals surface area contributed by atoms with Gasteiger partial charge in [0.25, 0.3) is 0 Å². The van der Waals surface area contributed by atoms with E-state index >= 15 is 0 Å². The topological polar surface area (TPSA) is 18.5 Å². The summed E-state index contributed by atoms with van der Waals surface area (Å²) in [5, 5.41) is 1.05. The second kappa shape index (κ2) is 8.69. The first-order chi connectivity index (χ1) is 6.68. The number of alkyl halides is 1. The smallest absolute Gasteiger partial charge is 0.0487 e. The summed E-state index contributed by atoms with van der Waals surface area (Å²) in [7, 11) is 1.72. The summed E-state index contributed by atoms with van der Waals surface area (Å²) >= 11 is 3.55. The van der Waals surface area contributed by atoms with Crippen LogP contribution in [0, 0.1) is 5.41 Å². The average Bonchev–Trinajstić information content (AvgIpc) is 2.23. The minimum Gasteiger partial charge on any atom is -0.385 e. The monoisotopic (exact) mass is 266 g/mol. The predicted octanol–water partition coefficient (Wildman–Crippen LogP) is 3.24. The molecule has 0 aliphatic rings. The Kier molecular flexibility index (Phi) is 8.94. The quantitative estimate of drug-likeness (QED) is 0.471. The Balaban J connectivity index is 3.34. The molecule has 3 heteroatoms. The lowest BCUT2D eigenvalue weighted by Crippen LogP contribution is -2.19. The van der Waals surface area contributed by atoms with Crippen molar-refractivity contribution < 1.29 is 9.47 Å². The number of ether oxygens (including phenoxy) is 2. The minimum atomic E-state index is 0.390. The molecule has 0 aromatic rings. The van der Waals surface area contributed by atoms with Crippen molar-refractivity contribution in [3.63, 3.8) is 0 Å². The molecule has 86 valence electrons. The van der Waals surface area contributed by atoms with Gasteiger partial charge in [-0.1, -0.05) is 29.8 Å². The summed E-state index contributed by atoms with van der Waals surface area (Å²) in [6, 6.07) is 0. The molecule has 0 fully saturated rings. The number of methoxy groups -OCH3 is 1. The Morgan fingerprint density at radius 2 is 1.93 bits per heavy atom.